The number of nitrogens with one attached hydrogen (secondary N) is 1. The number of carbonyl (C=O) groups excluding carboxylic acids is 1. The third-order valence-corrected chi connectivity index (χ3v) is 9.03. The zero-order valence-electron chi connectivity index (χ0n) is 19.2. The Hall–Kier alpha value is -2.81. The van der Waals surface area contributed by atoms with Crippen LogP contribution in [0.4, 0.5) is 11.4 Å². The second-order valence-corrected chi connectivity index (χ2v) is 10.9. The average Bonchev–Trinajstić information content (AvgIpc) is 3.49. The number of hydrogen-bond acceptors (Lipinski definition) is 2. The number of carbonyl (C=O) groups is 1. The van der Waals surface area contributed by atoms with Gasteiger partial charge in [0, 0.05) is 24.5 Å². The standard InChI is InChI=1S/C30H32N2O/c33-29(14-20-8-3-7-19-6-1-2-11-24(19)20)31-23-15-27-25-12-4-9-21(25)17-32-18-22-10-5-13-26(22)28(16-23)30(27)32/h1-3,6-8,11,15-16,21-22,25-26H,4-5,9-10,12-14,17-18H2,(H,31,33)/t21-,22-,25+,26+/m0/s1. The molecular weight excluding hydrogens is 404 g/mol. The van der Waals surface area contributed by atoms with E-state index in [4.69, 9.17) is 0 Å². The van der Waals surface area contributed by atoms with Gasteiger partial charge in [0.2, 0.25) is 5.91 Å². The maximum Gasteiger partial charge on any atom is 0.228 e. The van der Waals surface area contributed by atoms with Crippen molar-refractivity contribution in [2.24, 2.45) is 11.8 Å². The summed E-state index contributed by atoms with van der Waals surface area (Å²) in [5, 5.41) is 5.69. The monoisotopic (exact) mass is 436 g/mol. The van der Waals surface area contributed by atoms with Crippen LogP contribution in [0, 0.1) is 11.8 Å². The minimum absolute atomic E-state index is 0.0907. The lowest BCUT2D eigenvalue weighted by Crippen LogP contribution is -2.43. The van der Waals surface area contributed by atoms with E-state index in [0.717, 1.165) is 23.1 Å². The summed E-state index contributed by atoms with van der Waals surface area (Å²) in [6.45, 7) is 2.50. The number of fused-ring (bicyclic) bond motifs is 5. The summed E-state index contributed by atoms with van der Waals surface area (Å²) >= 11 is 0. The molecule has 33 heavy (non-hydrogen) atoms. The quantitative estimate of drug-likeness (QED) is 0.500. The third-order valence-electron chi connectivity index (χ3n) is 9.03. The van der Waals surface area contributed by atoms with Crippen molar-refractivity contribution in [3.63, 3.8) is 0 Å². The van der Waals surface area contributed by atoms with Crippen molar-refractivity contribution in [3.05, 3.63) is 71.3 Å². The molecule has 4 atom stereocenters. The predicted octanol–water partition coefficient (Wildman–Crippen LogP) is 6.62. The van der Waals surface area contributed by atoms with E-state index < -0.39 is 0 Å². The molecule has 3 heteroatoms. The molecule has 2 aliphatic carbocycles. The van der Waals surface area contributed by atoms with E-state index in [-0.39, 0.29) is 5.91 Å². The summed E-state index contributed by atoms with van der Waals surface area (Å²) in [7, 11) is 0. The van der Waals surface area contributed by atoms with E-state index in [1.54, 1.807) is 5.69 Å². The van der Waals surface area contributed by atoms with E-state index >= 15 is 0 Å². The molecule has 3 nitrogen and oxygen atoms in total. The molecule has 3 aromatic rings. The molecule has 0 bridgehead atoms. The first-order chi connectivity index (χ1) is 16.2. The average molecular weight is 437 g/mol. The van der Waals surface area contributed by atoms with Crippen LogP contribution in [0.5, 0.6) is 0 Å². The van der Waals surface area contributed by atoms with Gasteiger partial charge in [0.05, 0.1) is 6.42 Å². The topological polar surface area (TPSA) is 32.3 Å². The SMILES string of the molecule is O=C(Cc1cccc2ccccc12)Nc1cc2c3c(c1)[C@@H]1CCC[C@H]1CN3C[C@@H]1CCC[C@@H]21. The van der Waals surface area contributed by atoms with Crippen LogP contribution in [-0.4, -0.2) is 19.0 Å². The Labute approximate surface area is 196 Å². The number of rotatable bonds is 3. The lowest BCUT2D eigenvalue weighted by molar-refractivity contribution is -0.115. The molecule has 2 heterocycles. The van der Waals surface area contributed by atoms with E-state index in [1.807, 2.05) is 0 Å². The summed E-state index contributed by atoms with van der Waals surface area (Å²) in [5.74, 6) is 3.05. The summed E-state index contributed by atoms with van der Waals surface area (Å²) in [5.41, 5.74) is 6.74. The smallest absolute Gasteiger partial charge is 0.228 e. The van der Waals surface area contributed by atoms with Gasteiger partial charge in [0.1, 0.15) is 0 Å². The molecule has 2 saturated carbocycles. The Morgan fingerprint density at radius 1 is 0.848 bits per heavy atom. The highest BCUT2D eigenvalue weighted by Crippen LogP contribution is 2.56. The van der Waals surface area contributed by atoms with Crippen LogP contribution in [0.2, 0.25) is 0 Å². The summed E-state index contributed by atoms with van der Waals surface area (Å²) in [6.07, 6.45) is 8.46. The van der Waals surface area contributed by atoms with Crippen molar-refractivity contribution in [2.75, 3.05) is 23.3 Å². The summed E-state index contributed by atoms with van der Waals surface area (Å²) < 4.78 is 0. The Balaban J connectivity index is 1.23. The molecule has 3 aromatic carbocycles. The molecule has 7 rings (SSSR count). The van der Waals surface area contributed by atoms with Gasteiger partial charge in [-0.3, -0.25) is 4.79 Å². The van der Waals surface area contributed by atoms with Gasteiger partial charge < -0.3 is 10.2 Å². The first kappa shape index (κ1) is 19.6. The van der Waals surface area contributed by atoms with Crippen LogP contribution in [0.3, 0.4) is 0 Å². The molecule has 1 N–H and O–H groups in total. The van der Waals surface area contributed by atoms with Crippen molar-refractivity contribution in [2.45, 2.75) is 56.8 Å². The molecule has 0 aromatic heterocycles. The Morgan fingerprint density at radius 3 is 2.24 bits per heavy atom. The van der Waals surface area contributed by atoms with E-state index in [0.29, 0.717) is 18.3 Å². The fourth-order valence-electron chi connectivity index (χ4n) is 7.66. The van der Waals surface area contributed by atoms with Gasteiger partial charge in [0.25, 0.3) is 0 Å². The highest BCUT2D eigenvalue weighted by molar-refractivity contribution is 5.96. The number of nitrogens with zero attached hydrogens (tertiary/aromatic N) is 1. The first-order valence-corrected chi connectivity index (χ1v) is 12.9. The second kappa shape index (κ2) is 7.62. The molecule has 0 saturated heterocycles. The normalized spacial score (nSPS) is 27.2. The van der Waals surface area contributed by atoms with Crippen molar-refractivity contribution >= 4 is 28.1 Å². The van der Waals surface area contributed by atoms with E-state index in [9.17, 15) is 4.79 Å². The minimum atomic E-state index is 0.0907. The van der Waals surface area contributed by atoms with Crippen molar-refractivity contribution in [1.29, 1.82) is 0 Å². The van der Waals surface area contributed by atoms with E-state index in [1.165, 1.54) is 73.5 Å². The van der Waals surface area contributed by atoms with Crippen LogP contribution in [0.25, 0.3) is 10.8 Å². The molecule has 0 radical (unpaired) electrons. The number of anilines is 2. The Bertz CT molecular complexity index is 1200. The van der Waals surface area contributed by atoms with Crippen LogP contribution in [0.15, 0.2) is 54.6 Å². The molecule has 168 valence electrons. The summed E-state index contributed by atoms with van der Waals surface area (Å²) in [4.78, 5) is 15.9. The summed E-state index contributed by atoms with van der Waals surface area (Å²) in [6, 6.07) is 19.3. The highest BCUT2D eigenvalue weighted by Gasteiger charge is 2.44. The van der Waals surface area contributed by atoms with Gasteiger partial charge in [-0.25, -0.2) is 0 Å². The highest BCUT2D eigenvalue weighted by atomic mass is 16.1. The molecule has 2 aliphatic heterocycles. The zero-order chi connectivity index (χ0) is 21.9. The van der Waals surface area contributed by atoms with Crippen LogP contribution >= 0.6 is 0 Å². The van der Waals surface area contributed by atoms with Crippen molar-refractivity contribution in [1.82, 2.24) is 0 Å². The van der Waals surface area contributed by atoms with Gasteiger partial charge in [-0.15, -0.1) is 0 Å². The number of hydrogen-bond donors (Lipinski definition) is 1. The predicted molar refractivity (Wildman–Crippen MR) is 135 cm³/mol. The van der Waals surface area contributed by atoms with Gasteiger partial charge >= 0.3 is 0 Å². The first-order valence-electron chi connectivity index (χ1n) is 12.9. The van der Waals surface area contributed by atoms with Gasteiger partial charge in [-0.1, -0.05) is 55.3 Å². The largest absolute Gasteiger partial charge is 0.370 e. The molecule has 2 fully saturated rings. The lowest BCUT2D eigenvalue weighted by atomic mass is 9.75. The molecule has 1 amide bonds. The zero-order valence-corrected chi connectivity index (χ0v) is 19.2. The van der Waals surface area contributed by atoms with Gasteiger partial charge in [-0.2, -0.15) is 0 Å². The molecular formula is C30H32N2O. The van der Waals surface area contributed by atoms with Crippen LogP contribution in [-0.2, 0) is 11.2 Å². The minimum Gasteiger partial charge on any atom is -0.370 e. The maximum absolute atomic E-state index is 13.2. The maximum atomic E-state index is 13.2. The number of amides is 1. The third kappa shape index (κ3) is 3.19. The fourth-order valence-corrected chi connectivity index (χ4v) is 7.66. The Kier molecular flexibility index (Phi) is 4.53. The van der Waals surface area contributed by atoms with Crippen LogP contribution < -0.4 is 10.2 Å². The Morgan fingerprint density at radius 2 is 1.52 bits per heavy atom. The van der Waals surface area contributed by atoms with Gasteiger partial charge in [-0.05, 0) is 89.0 Å². The van der Waals surface area contributed by atoms with Crippen molar-refractivity contribution < 1.29 is 4.79 Å². The fraction of sp³-hybridized carbons (Fsp3) is 0.433. The van der Waals surface area contributed by atoms with Gasteiger partial charge in [0.15, 0.2) is 0 Å². The molecule has 0 unspecified atom stereocenters. The molecule has 4 aliphatic rings. The second-order valence-electron chi connectivity index (χ2n) is 10.9. The number of benzene rings is 3. The van der Waals surface area contributed by atoms with Crippen molar-refractivity contribution in [3.8, 4) is 0 Å². The van der Waals surface area contributed by atoms with Crippen LogP contribution in [0.1, 0.15) is 67.1 Å². The molecule has 0 spiro atoms. The lowest BCUT2D eigenvalue weighted by Gasteiger charge is -2.46. The van der Waals surface area contributed by atoms with E-state index in [2.05, 4.69) is 64.8 Å².